The molecule has 1 N–H and O–H groups in total. The highest BCUT2D eigenvalue weighted by Crippen LogP contribution is 2.39. The first-order valence-corrected chi connectivity index (χ1v) is 10.6. The van der Waals surface area contributed by atoms with Crippen molar-refractivity contribution in [2.45, 2.75) is 25.0 Å². The summed E-state index contributed by atoms with van der Waals surface area (Å²) in [5.74, 6) is 2.03. The number of methoxy groups -OCH3 is 1. The van der Waals surface area contributed by atoms with Gasteiger partial charge >= 0.3 is 0 Å². The van der Waals surface area contributed by atoms with Gasteiger partial charge in [-0.25, -0.2) is 0 Å². The van der Waals surface area contributed by atoms with E-state index in [1.165, 1.54) is 17.8 Å². The van der Waals surface area contributed by atoms with Gasteiger partial charge in [0.05, 0.1) is 13.7 Å². The molecule has 1 atom stereocenters. The lowest BCUT2D eigenvalue weighted by molar-refractivity contribution is -0.538. The SMILES string of the molecule is COc1ccc(N2C3=[N+](CCCC3)CC2(O)c2ccc(-c3ccccc3)cc2)cc1. The molecule has 0 aliphatic carbocycles. The second-order valence-corrected chi connectivity index (χ2v) is 8.09. The number of amidine groups is 1. The molecule has 3 aromatic rings. The second kappa shape index (κ2) is 7.62. The van der Waals surface area contributed by atoms with Gasteiger partial charge in [0.2, 0.25) is 0 Å². The molecule has 4 heteroatoms. The molecule has 4 nitrogen and oxygen atoms in total. The van der Waals surface area contributed by atoms with E-state index in [-0.39, 0.29) is 0 Å². The molecule has 0 saturated heterocycles. The molecular weight excluding hydrogens is 372 g/mol. The summed E-state index contributed by atoms with van der Waals surface area (Å²) < 4.78 is 7.68. The maximum Gasteiger partial charge on any atom is 0.275 e. The maximum atomic E-state index is 12.0. The average molecular weight is 400 g/mol. The number of rotatable bonds is 4. The Hall–Kier alpha value is -3.11. The standard InChI is InChI=1S/C26H27N2O2/c1-30-24-16-14-23(15-17-24)28-25-9-5-6-18-27(25)19-26(28,29)22-12-10-21(11-13-22)20-7-3-2-4-8-20/h2-4,7-8,10-17,29H,5-6,9,18-19H2,1H3/q+1. The van der Waals surface area contributed by atoms with Crippen LogP contribution in [-0.2, 0) is 5.72 Å². The fraction of sp³-hybridized carbons (Fsp3) is 0.269. The first-order chi connectivity index (χ1) is 14.7. The van der Waals surface area contributed by atoms with Crippen LogP contribution in [0.15, 0.2) is 78.9 Å². The molecule has 152 valence electrons. The van der Waals surface area contributed by atoms with Crippen LogP contribution in [0.2, 0.25) is 0 Å². The Balaban J connectivity index is 1.55. The van der Waals surface area contributed by atoms with Crippen molar-refractivity contribution in [2.24, 2.45) is 0 Å². The van der Waals surface area contributed by atoms with Crippen molar-refractivity contribution in [3.63, 3.8) is 0 Å². The normalized spacial score (nSPS) is 20.9. The van der Waals surface area contributed by atoms with Crippen LogP contribution >= 0.6 is 0 Å². The topological polar surface area (TPSA) is 35.7 Å². The van der Waals surface area contributed by atoms with E-state index in [1.54, 1.807) is 7.11 Å². The second-order valence-electron chi connectivity index (χ2n) is 8.09. The van der Waals surface area contributed by atoms with Gasteiger partial charge in [-0.15, -0.1) is 0 Å². The van der Waals surface area contributed by atoms with Crippen molar-refractivity contribution in [3.05, 3.63) is 84.4 Å². The van der Waals surface area contributed by atoms with E-state index in [4.69, 9.17) is 4.74 Å². The molecule has 5 rings (SSSR count). The van der Waals surface area contributed by atoms with Crippen LogP contribution in [0.4, 0.5) is 5.69 Å². The van der Waals surface area contributed by atoms with Crippen LogP contribution in [0.25, 0.3) is 11.1 Å². The minimum Gasteiger partial charge on any atom is -0.497 e. The average Bonchev–Trinajstić information content (AvgIpc) is 3.13. The lowest BCUT2D eigenvalue weighted by atomic mass is 9.97. The number of benzene rings is 3. The van der Waals surface area contributed by atoms with Crippen LogP contribution in [0.5, 0.6) is 5.75 Å². The highest BCUT2D eigenvalue weighted by Gasteiger charge is 2.54. The predicted molar refractivity (Wildman–Crippen MR) is 120 cm³/mol. The number of ether oxygens (including phenoxy) is 1. The van der Waals surface area contributed by atoms with E-state index in [9.17, 15) is 5.11 Å². The van der Waals surface area contributed by atoms with Gasteiger partial charge in [0, 0.05) is 12.0 Å². The molecule has 30 heavy (non-hydrogen) atoms. The third-order valence-corrected chi connectivity index (χ3v) is 6.27. The number of hydrogen-bond donors (Lipinski definition) is 1. The van der Waals surface area contributed by atoms with Crippen LogP contribution < -0.4 is 9.64 Å². The summed E-state index contributed by atoms with van der Waals surface area (Å²) in [6.07, 6.45) is 3.31. The third-order valence-electron chi connectivity index (χ3n) is 6.27. The summed E-state index contributed by atoms with van der Waals surface area (Å²) in [4.78, 5) is 2.13. The van der Waals surface area contributed by atoms with E-state index in [0.717, 1.165) is 42.0 Å². The Bertz CT molecular complexity index is 1060. The van der Waals surface area contributed by atoms with Crippen LogP contribution in [0.1, 0.15) is 24.8 Å². The van der Waals surface area contributed by atoms with Gasteiger partial charge in [0.25, 0.3) is 11.6 Å². The summed E-state index contributed by atoms with van der Waals surface area (Å²) in [5, 5.41) is 12.0. The van der Waals surface area contributed by atoms with Gasteiger partial charge < -0.3 is 9.84 Å². The first kappa shape index (κ1) is 18.9. The molecule has 2 aliphatic rings. The van der Waals surface area contributed by atoms with Crippen molar-refractivity contribution in [1.29, 1.82) is 0 Å². The van der Waals surface area contributed by atoms with Gasteiger partial charge in [-0.05, 0) is 48.2 Å². The van der Waals surface area contributed by atoms with Crippen molar-refractivity contribution >= 4 is 11.5 Å². The fourth-order valence-corrected chi connectivity index (χ4v) is 4.72. The van der Waals surface area contributed by atoms with Crippen molar-refractivity contribution in [1.82, 2.24) is 0 Å². The number of nitrogens with zero attached hydrogens (tertiary/aromatic N) is 2. The molecule has 0 aromatic heterocycles. The van der Waals surface area contributed by atoms with E-state index in [1.807, 2.05) is 42.5 Å². The molecule has 0 fully saturated rings. The molecule has 0 amide bonds. The molecule has 0 saturated carbocycles. The quantitative estimate of drug-likeness (QED) is 0.650. The monoisotopic (exact) mass is 399 g/mol. The fourth-order valence-electron chi connectivity index (χ4n) is 4.72. The maximum absolute atomic E-state index is 12.0. The molecule has 2 heterocycles. The molecule has 0 spiro atoms. The molecule has 0 bridgehead atoms. The van der Waals surface area contributed by atoms with Gasteiger partial charge in [-0.2, -0.15) is 4.90 Å². The number of hydrogen-bond acceptors (Lipinski definition) is 3. The molecule has 2 aliphatic heterocycles. The van der Waals surface area contributed by atoms with Crippen molar-refractivity contribution in [2.75, 3.05) is 25.1 Å². The largest absolute Gasteiger partial charge is 0.497 e. The molecular formula is C26H27N2O2+. The first-order valence-electron chi connectivity index (χ1n) is 10.6. The van der Waals surface area contributed by atoms with Crippen molar-refractivity contribution < 1.29 is 14.4 Å². The highest BCUT2D eigenvalue weighted by atomic mass is 16.5. The molecule has 3 aromatic carbocycles. The predicted octanol–water partition coefficient (Wildman–Crippen LogP) is 4.62. The van der Waals surface area contributed by atoms with E-state index in [2.05, 4.69) is 45.9 Å². The van der Waals surface area contributed by atoms with E-state index < -0.39 is 5.72 Å². The zero-order valence-corrected chi connectivity index (χ0v) is 17.3. The van der Waals surface area contributed by atoms with Gasteiger partial charge in [-0.3, -0.25) is 4.58 Å². The van der Waals surface area contributed by atoms with Crippen LogP contribution in [0, 0.1) is 0 Å². The number of aliphatic hydroxyl groups is 1. The molecule has 1 unspecified atom stereocenters. The van der Waals surface area contributed by atoms with Crippen LogP contribution in [-0.4, -0.2) is 35.7 Å². The summed E-state index contributed by atoms with van der Waals surface area (Å²) >= 11 is 0. The summed E-state index contributed by atoms with van der Waals surface area (Å²) in [5.41, 5.74) is 3.15. The summed E-state index contributed by atoms with van der Waals surface area (Å²) in [6.45, 7) is 1.57. The smallest absolute Gasteiger partial charge is 0.275 e. The minimum atomic E-state index is -1.09. The Labute approximate surface area is 177 Å². The lowest BCUT2D eigenvalue weighted by Crippen LogP contribution is -2.47. The van der Waals surface area contributed by atoms with E-state index in [0.29, 0.717) is 6.54 Å². The van der Waals surface area contributed by atoms with Gasteiger partial charge in [0.15, 0.2) is 6.54 Å². The number of anilines is 1. The lowest BCUT2D eigenvalue weighted by Gasteiger charge is -2.29. The van der Waals surface area contributed by atoms with Crippen LogP contribution in [0.3, 0.4) is 0 Å². The minimum absolute atomic E-state index is 0.582. The van der Waals surface area contributed by atoms with Gasteiger partial charge in [0.1, 0.15) is 11.4 Å². The zero-order chi connectivity index (χ0) is 20.6. The Morgan fingerprint density at radius 3 is 2.27 bits per heavy atom. The molecule has 0 radical (unpaired) electrons. The highest BCUT2D eigenvalue weighted by molar-refractivity contribution is 5.97. The van der Waals surface area contributed by atoms with Crippen molar-refractivity contribution in [3.8, 4) is 16.9 Å². The summed E-state index contributed by atoms with van der Waals surface area (Å²) in [6, 6.07) is 26.7. The van der Waals surface area contributed by atoms with E-state index >= 15 is 0 Å². The Morgan fingerprint density at radius 1 is 0.867 bits per heavy atom. The Kier molecular flexibility index (Phi) is 4.80. The Morgan fingerprint density at radius 2 is 1.57 bits per heavy atom. The van der Waals surface area contributed by atoms with Gasteiger partial charge in [-0.1, -0.05) is 54.6 Å². The third kappa shape index (κ3) is 3.17. The zero-order valence-electron chi connectivity index (χ0n) is 17.3. The summed E-state index contributed by atoms with van der Waals surface area (Å²) in [7, 11) is 1.67.